The second-order valence-electron chi connectivity index (χ2n) is 3.96. The Morgan fingerprint density at radius 2 is 2.00 bits per heavy atom. The van der Waals surface area contributed by atoms with E-state index >= 15 is 0 Å². The van der Waals surface area contributed by atoms with Crippen LogP contribution in [0.1, 0.15) is 5.56 Å². The Balaban J connectivity index is 2.54. The molecular weight excluding hydrogens is 298 g/mol. The monoisotopic (exact) mass is 306 g/mol. The smallest absolute Gasteiger partial charge is 0.233 e. The van der Waals surface area contributed by atoms with Gasteiger partial charge in [-0.05, 0) is 30.3 Å². The zero-order chi connectivity index (χ0) is 15.5. The first kappa shape index (κ1) is 14.8. The third-order valence-corrected chi connectivity index (χ3v) is 4.14. The van der Waals surface area contributed by atoms with Crippen molar-refractivity contribution in [2.24, 2.45) is 0 Å². The molecule has 0 amide bonds. The second kappa shape index (κ2) is 5.81. The average Bonchev–Trinajstić information content (AvgIpc) is 2.47. The highest BCUT2D eigenvalue weighted by atomic mass is 32.2. The van der Waals surface area contributed by atoms with Gasteiger partial charge in [0, 0.05) is 17.8 Å². The van der Waals surface area contributed by atoms with Crippen molar-refractivity contribution < 1.29 is 17.2 Å². The predicted molar refractivity (Wildman–Crippen MR) is 71.4 cm³/mol. The van der Waals surface area contributed by atoms with Gasteiger partial charge in [0.15, 0.2) is 9.93 Å². The number of halogens is 2. The van der Waals surface area contributed by atoms with E-state index in [9.17, 15) is 17.2 Å². The number of nitriles is 1. The van der Waals surface area contributed by atoms with E-state index in [0.717, 1.165) is 18.2 Å². The summed E-state index contributed by atoms with van der Waals surface area (Å²) in [5.74, 6) is -1.75. The van der Waals surface area contributed by atoms with Crippen LogP contribution in [0.3, 0.4) is 0 Å². The quantitative estimate of drug-likeness (QED) is 0.817. The van der Waals surface area contributed by atoms with E-state index in [4.69, 9.17) is 5.26 Å². The molecular formula is C14H8F2N2O2S. The molecule has 1 aromatic carbocycles. The van der Waals surface area contributed by atoms with E-state index in [-0.39, 0.29) is 10.6 Å². The molecule has 7 heteroatoms. The van der Waals surface area contributed by atoms with Gasteiger partial charge < -0.3 is 0 Å². The Labute approximate surface area is 119 Å². The Kier molecular flexibility index (Phi) is 4.10. The summed E-state index contributed by atoms with van der Waals surface area (Å²) < 4.78 is 50.7. The maximum absolute atomic E-state index is 13.5. The summed E-state index contributed by atoms with van der Waals surface area (Å²) in [5.41, 5.74) is -0.201. The van der Waals surface area contributed by atoms with Crippen LogP contribution < -0.4 is 0 Å². The minimum atomic E-state index is -4.15. The maximum atomic E-state index is 13.5. The van der Waals surface area contributed by atoms with Crippen molar-refractivity contribution in [2.45, 2.75) is 5.03 Å². The highest BCUT2D eigenvalue weighted by molar-refractivity contribution is 7.95. The summed E-state index contributed by atoms with van der Waals surface area (Å²) in [4.78, 5) is 2.99. The van der Waals surface area contributed by atoms with Crippen LogP contribution in [0.5, 0.6) is 0 Å². The molecule has 2 rings (SSSR count). The first-order valence-electron chi connectivity index (χ1n) is 5.68. The van der Waals surface area contributed by atoms with E-state index in [1.165, 1.54) is 30.5 Å². The van der Waals surface area contributed by atoms with Crippen LogP contribution in [-0.2, 0) is 9.84 Å². The van der Waals surface area contributed by atoms with E-state index < -0.39 is 26.4 Å². The van der Waals surface area contributed by atoms with Crippen LogP contribution >= 0.6 is 0 Å². The van der Waals surface area contributed by atoms with Gasteiger partial charge in [0.05, 0.1) is 0 Å². The normalized spacial score (nSPS) is 12.0. The van der Waals surface area contributed by atoms with Crippen molar-refractivity contribution in [3.05, 3.63) is 64.7 Å². The van der Waals surface area contributed by atoms with Crippen LogP contribution in [0.15, 0.2) is 52.5 Å². The molecule has 0 radical (unpaired) electrons. The van der Waals surface area contributed by atoms with Gasteiger partial charge in [0.1, 0.15) is 17.7 Å². The van der Waals surface area contributed by atoms with Gasteiger partial charge in [-0.3, -0.25) is 0 Å². The molecule has 1 aromatic heterocycles. The zero-order valence-electron chi connectivity index (χ0n) is 10.5. The van der Waals surface area contributed by atoms with Gasteiger partial charge in [-0.2, -0.15) is 5.26 Å². The molecule has 0 saturated carbocycles. The van der Waals surface area contributed by atoms with Gasteiger partial charge in [0.25, 0.3) is 0 Å². The molecule has 106 valence electrons. The number of rotatable bonds is 3. The first-order chi connectivity index (χ1) is 9.95. The van der Waals surface area contributed by atoms with Crippen molar-refractivity contribution in [1.82, 2.24) is 4.98 Å². The molecule has 0 unspecified atom stereocenters. The minimum absolute atomic E-state index is 0.201. The molecule has 0 N–H and O–H groups in total. The van der Waals surface area contributed by atoms with E-state index in [1.54, 1.807) is 0 Å². The van der Waals surface area contributed by atoms with Crippen molar-refractivity contribution >= 4 is 15.9 Å². The summed E-state index contributed by atoms with van der Waals surface area (Å²) in [5, 5.41) is 8.69. The van der Waals surface area contributed by atoms with Crippen LogP contribution in [0, 0.1) is 23.0 Å². The van der Waals surface area contributed by atoms with Crippen LogP contribution in [-0.4, -0.2) is 13.4 Å². The average molecular weight is 306 g/mol. The number of hydrogen-bond acceptors (Lipinski definition) is 4. The number of benzene rings is 1. The van der Waals surface area contributed by atoms with Crippen LogP contribution in [0.2, 0.25) is 0 Å². The molecule has 0 aliphatic rings. The molecule has 1 heterocycles. The highest BCUT2D eigenvalue weighted by Crippen LogP contribution is 2.20. The van der Waals surface area contributed by atoms with E-state index in [0.29, 0.717) is 6.07 Å². The molecule has 0 bridgehead atoms. The van der Waals surface area contributed by atoms with Gasteiger partial charge in [0.2, 0.25) is 9.84 Å². The summed E-state index contributed by atoms with van der Waals surface area (Å²) in [6, 6.07) is 8.33. The lowest BCUT2D eigenvalue weighted by molar-refractivity contribution is 0.581. The lowest BCUT2D eigenvalue weighted by Gasteiger charge is -2.02. The van der Waals surface area contributed by atoms with Crippen molar-refractivity contribution in [3.8, 4) is 6.07 Å². The second-order valence-corrected chi connectivity index (χ2v) is 5.82. The zero-order valence-corrected chi connectivity index (χ0v) is 11.3. The summed E-state index contributed by atoms with van der Waals surface area (Å²) in [6.45, 7) is 0. The molecule has 4 nitrogen and oxygen atoms in total. The summed E-state index contributed by atoms with van der Waals surface area (Å²) in [7, 11) is -4.15. The Hall–Kier alpha value is -2.59. The minimum Gasteiger partial charge on any atom is -0.244 e. The highest BCUT2D eigenvalue weighted by Gasteiger charge is 2.22. The fraction of sp³-hybridized carbons (Fsp3) is 0. The topological polar surface area (TPSA) is 70.8 Å². The maximum Gasteiger partial charge on any atom is 0.233 e. The standard InChI is InChI=1S/C14H8F2N2O2S/c15-11-5-4-10(13(16)8-11)7-12(9-17)21(19,20)14-3-1-2-6-18-14/h1-8H/b12-7+. The van der Waals surface area contributed by atoms with E-state index in [2.05, 4.69) is 4.98 Å². The molecule has 0 aliphatic carbocycles. The molecule has 0 spiro atoms. The van der Waals surface area contributed by atoms with Crippen molar-refractivity contribution in [1.29, 1.82) is 5.26 Å². The van der Waals surface area contributed by atoms with Crippen molar-refractivity contribution in [2.75, 3.05) is 0 Å². The third-order valence-electron chi connectivity index (χ3n) is 2.56. The number of sulfone groups is 1. The van der Waals surface area contributed by atoms with Crippen LogP contribution in [0.4, 0.5) is 8.78 Å². The summed E-state index contributed by atoms with van der Waals surface area (Å²) >= 11 is 0. The fourth-order valence-electron chi connectivity index (χ4n) is 1.55. The van der Waals surface area contributed by atoms with Gasteiger partial charge in [-0.1, -0.05) is 6.07 Å². The van der Waals surface area contributed by atoms with Crippen molar-refractivity contribution in [3.63, 3.8) is 0 Å². The Morgan fingerprint density at radius 3 is 2.57 bits per heavy atom. The number of aromatic nitrogens is 1. The van der Waals surface area contributed by atoms with Gasteiger partial charge in [-0.15, -0.1) is 0 Å². The largest absolute Gasteiger partial charge is 0.244 e. The summed E-state index contributed by atoms with van der Waals surface area (Å²) in [6.07, 6.45) is 2.11. The Morgan fingerprint density at radius 1 is 1.24 bits per heavy atom. The Bertz CT molecular complexity index is 841. The number of allylic oxidation sites excluding steroid dienone is 1. The molecule has 0 saturated heterocycles. The lowest BCUT2D eigenvalue weighted by Crippen LogP contribution is -2.05. The van der Waals surface area contributed by atoms with Gasteiger partial charge in [-0.25, -0.2) is 22.2 Å². The number of nitrogens with zero attached hydrogens (tertiary/aromatic N) is 2. The first-order valence-corrected chi connectivity index (χ1v) is 7.16. The van der Waals surface area contributed by atoms with E-state index in [1.807, 2.05) is 0 Å². The fourth-order valence-corrected chi connectivity index (χ4v) is 2.63. The molecule has 0 fully saturated rings. The third kappa shape index (κ3) is 3.12. The number of pyridine rings is 1. The number of hydrogen-bond donors (Lipinski definition) is 0. The molecule has 21 heavy (non-hydrogen) atoms. The predicted octanol–water partition coefficient (Wildman–Crippen LogP) is 2.70. The molecule has 0 aliphatic heterocycles. The molecule has 2 aromatic rings. The lowest BCUT2D eigenvalue weighted by atomic mass is 10.2. The van der Waals surface area contributed by atoms with Crippen LogP contribution in [0.25, 0.3) is 6.08 Å². The van der Waals surface area contributed by atoms with Gasteiger partial charge >= 0.3 is 0 Å². The molecule has 0 atom stereocenters. The SMILES string of the molecule is N#C/C(=C\c1ccc(F)cc1F)S(=O)(=O)c1ccccn1.